The number of nitrogens with zero attached hydrogens (tertiary/aromatic N) is 3. The van der Waals surface area contributed by atoms with Crippen molar-refractivity contribution in [2.24, 2.45) is 0 Å². The molecule has 1 aromatic heterocycles. The van der Waals surface area contributed by atoms with Gasteiger partial charge in [0.25, 0.3) is 5.91 Å². The highest BCUT2D eigenvalue weighted by molar-refractivity contribution is 6.11. The predicted molar refractivity (Wildman–Crippen MR) is 127 cm³/mol. The van der Waals surface area contributed by atoms with Crippen LogP contribution in [0.1, 0.15) is 22.8 Å². The van der Waals surface area contributed by atoms with Crippen molar-refractivity contribution in [3.05, 3.63) is 54.0 Å². The fourth-order valence-corrected chi connectivity index (χ4v) is 4.02. The van der Waals surface area contributed by atoms with Gasteiger partial charge in [-0.1, -0.05) is 0 Å². The average Bonchev–Trinajstić information content (AvgIpc) is 3.51. The third kappa shape index (κ3) is 5.89. The van der Waals surface area contributed by atoms with Gasteiger partial charge in [0.1, 0.15) is 24.7 Å². The molecular weight excluding hydrogens is 470 g/mol. The molecule has 2 aliphatic heterocycles. The van der Waals surface area contributed by atoms with Gasteiger partial charge in [-0.05, 0) is 37.3 Å². The third-order valence-electron chi connectivity index (χ3n) is 5.85. The smallest absolute Gasteiger partial charge is 0.414 e. The number of hydrogen-bond acceptors (Lipinski definition) is 9. The fourth-order valence-electron chi connectivity index (χ4n) is 4.02. The number of anilines is 1. The Balaban J connectivity index is 1.28. The number of nitrogens with one attached hydrogen (secondary N) is 2. The normalized spacial score (nSPS) is 18.2. The van der Waals surface area contributed by atoms with Gasteiger partial charge in [0, 0.05) is 30.9 Å². The molecule has 4 rings (SSSR count). The summed E-state index contributed by atoms with van der Waals surface area (Å²) < 4.78 is 15.3. The van der Waals surface area contributed by atoms with Crippen LogP contribution in [0.25, 0.3) is 0 Å². The molecule has 2 N–H and O–H groups in total. The zero-order valence-electron chi connectivity index (χ0n) is 19.8. The molecule has 0 radical (unpaired) electrons. The second-order valence-electron chi connectivity index (χ2n) is 8.36. The molecule has 2 saturated heterocycles. The van der Waals surface area contributed by atoms with Crippen molar-refractivity contribution in [1.29, 1.82) is 5.41 Å². The van der Waals surface area contributed by atoms with Crippen LogP contribution in [0.15, 0.2) is 47.3 Å². The first-order chi connectivity index (χ1) is 17.3. The van der Waals surface area contributed by atoms with E-state index in [4.69, 9.17) is 19.3 Å². The number of amidine groups is 1. The second kappa shape index (κ2) is 11.0. The Morgan fingerprint density at radius 3 is 2.58 bits per heavy atom. The summed E-state index contributed by atoms with van der Waals surface area (Å²) in [6, 6.07) is 8.12. The summed E-state index contributed by atoms with van der Waals surface area (Å²) in [5, 5.41) is 10.6. The summed E-state index contributed by atoms with van der Waals surface area (Å²) in [6.07, 6.45) is 1.75. The molecule has 1 atom stereocenters. The molecule has 0 spiro atoms. The van der Waals surface area contributed by atoms with Gasteiger partial charge in [-0.2, -0.15) is 0 Å². The van der Waals surface area contributed by atoms with Crippen molar-refractivity contribution in [3.63, 3.8) is 0 Å². The first-order valence-electron chi connectivity index (χ1n) is 11.5. The van der Waals surface area contributed by atoms with Crippen molar-refractivity contribution in [3.8, 4) is 0 Å². The molecule has 190 valence electrons. The lowest BCUT2D eigenvalue weighted by molar-refractivity contribution is -0.151. The molecule has 36 heavy (non-hydrogen) atoms. The zero-order chi connectivity index (χ0) is 25.7. The maximum Gasteiger partial charge on any atom is 0.414 e. The number of ether oxygens (including phenoxy) is 2. The highest BCUT2D eigenvalue weighted by Crippen LogP contribution is 2.23. The molecule has 0 aliphatic carbocycles. The van der Waals surface area contributed by atoms with Crippen molar-refractivity contribution in [1.82, 2.24) is 15.1 Å². The largest absolute Gasteiger partial charge is 0.472 e. The van der Waals surface area contributed by atoms with Crippen LogP contribution in [0.3, 0.4) is 0 Å². The molecule has 2 aliphatic rings. The van der Waals surface area contributed by atoms with E-state index in [1.54, 1.807) is 31.2 Å². The fraction of sp³-hybridized carbons (Fsp3) is 0.375. The Labute approximate surface area is 207 Å². The molecular formula is C24H27N5O7. The molecule has 0 saturated carbocycles. The number of cyclic esters (lactones) is 1. The van der Waals surface area contributed by atoms with Gasteiger partial charge in [-0.3, -0.25) is 29.6 Å². The van der Waals surface area contributed by atoms with Gasteiger partial charge < -0.3 is 24.1 Å². The molecule has 3 heterocycles. The first-order valence-corrected chi connectivity index (χ1v) is 11.5. The number of piperazine rings is 1. The van der Waals surface area contributed by atoms with Gasteiger partial charge in [0.2, 0.25) is 5.91 Å². The molecule has 0 bridgehead atoms. The summed E-state index contributed by atoms with van der Waals surface area (Å²) in [7, 11) is 0. The van der Waals surface area contributed by atoms with Gasteiger partial charge in [-0.25, -0.2) is 4.79 Å². The molecule has 1 aromatic carbocycles. The maximum absolute atomic E-state index is 12.5. The predicted octanol–water partition coefficient (Wildman–Crippen LogP) is 1.07. The number of esters is 1. The Kier molecular flexibility index (Phi) is 7.64. The van der Waals surface area contributed by atoms with Gasteiger partial charge in [0.05, 0.1) is 31.5 Å². The van der Waals surface area contributed by atoms with Crippen LogP contribution in [0.4, 0.5) is 10.5 Å². The molecule has 12 nitrogen and oxygen atoms in total. The monoisotopic (exact) mass is 497 g/mol. The van der Waals surface area contributed by atoms with E-state index in [9.17, 15) is 19.2 Å². The zero-order valence-corrected chi connectivity index (χ0v) is 19.8. The van der Waals surface area contributed by atoms with Crippen LogP contribution < -0.4 is 10.2 Å². The van der Waals surface area contributed by atoms with E-state index >= 15 is 0 Å². The summed E-state index contributed by atoms with van der Waals surface area (Å²) in [6.45, 7) is 3.71. The maximum atomic E-state index is 12.5. The number of rotatable bonds is 8. The van der Waals surface area contributed by atoms with Crippen molar-refractivity contribution in [2.45, 2.75) is 13.0 Å². The van der Waals surface area contributed by atoms with Gasteiger partial charge >= 0.3 is 12.1 Å². The summed E-state index contributed by atoms with van der Waals surface area (Å²) >= 11 is 0. The average molecular weight is 498 g/mol. The van der Waals surface area contributed by atoms with Crippen LogP contribution in [-0.4, -0.2) is 91.5 Å². The standard InChI is InChI=1S/C24H27N5O7/c1-2-35-21(31)14-28-9-8-27(13-20(28)30)11-19-12-29(24(33)36-19)18-5-3-16(4-6-18)22(25)26-23(32)17-7-10-34-15-17/h3-7,10,15,19H,2,8-9,11-14H2,1H3,(H2,25,26,32). The van der Waals surface area contributed by atoms with Gasteiger partial charge in [-0.15, -0.1) is 0 Å². The number of carbonyl (C=O) groups is 4. The Morgan fingerprint density at radius 1 is 1.14 bits per heavy atom. The minimum Gasteiger partial charge on any atom is -0.472 e. The minimum atomic E-state index is -0.497. The van der Waals surface area contributed by atoms with E-state index in [-0.39, 0.29) is 31.4 Å². The van der Waals surface area contributed by atoms with Crippen LogP contribution in [0.5, 0.6) is 0 Å². The quantitative estimate of drug-likeness (QED) is 0.313. The topological polar surface area (TPSA) is 145 Å². The highest BCUT2D eigenvalue weighted by Gasteiger charge is 2.35. The van der Waals surface area contributed by atoms with E-state index in [1.165, 1.54) is 28.4 Å². The van der Waals surface area contributed by atoms with E-state index in [1.807, 2.05) is 4.90 Å². The van der Waals surface area contributed by atoms with Gasteiger partial charge in [0.15, 0.2) is 0 Å². The molecule has 1 unspecified atom stereocenters. The van der Waals surface area contributed by atoms with E-state index in [2.05, 4.69) is 5.32 Å². The Bertz CT molecular complexity index is 1130. The van der Waals surface area contributed by atoms with E-state index in [0.29, 0.717) is 43.0 Å². The number of carbonyl (C=O) groups excluding carboxylic acids is 4. The van der Waals surface area contributed by atoms with Crippen LogP contribution in [0, 0.1) is 5.41 Å². The minimum absolute atomic E-state index is 0.0623. The SMILES string of the molecule is CCOC(=O)CN1CCN(CC2CN(c3ccc(C(=N)NC(=O)c4ccoc4)cc3)C(=O)O2)CC1=O. The van der Waals surface area contributed by atoms with E-state index in [0.717, 1.165) is 0 Å². The molecule has 2 aromatic rings. The number of amides is 3. The second-order valence-corrected chi connectivity index (χ2v) is 8.36. The van der Waals surface area contributed by atoms with Crippen LogP contribution >= 0.6 is 0 Å². The number of hydrogen-bond donors (Lipinski definition) is 2. The Hall–Kier alpha value is -4.19. The van der Waals surface area contributed by atoms with Crippen molar-refractivity contribution >= 4 is 35.4 Å². The third-order valence-corrected chi connectivity index (χ3v) is 5.85. The molecule has 2 fully saturated rings. The first kappa shape index (κ1) is 24.9. The van der Waals surface area contributed by atoms with Crippen LogP contribution in [0.2, 0.25) is 0 Å². The molecule has 3 amide bonds. The molecule has 12 heteroatoms. The van der Waals surface area contributed by atoms with Crippen molar-refractivity contribution < 1.29 is 33.1 Å². The van der Waals surface area contributed by atoms with Crippen LogP contribution in [-0.2, 0) is 19.1 Å². The lowest BCUT2D eigenvalue weighted by Gasteiger charge is -2.34. The number of benzene rings is 1. The summed E-state index contributed by atoms with van der Waals surface area (Å²) in [5.41, 5.74) is 1.37. The van der Waals surface area contributed by atoms with Crippen molar-refractivity contribution in [2.75, 3.05) is 50.8 Å². The summed E-state index contributed by atoms with van der Waals surface area (Å²) in [4.78, 5) is 53.5. The summed E-state index contributed by atoms with van der Waals surface area (Å²) in [5.74, 6) is -1.14. The number of furan rings is 1. The Morgan fingerprint density at radius 2 is 1.92 bits per heavy atom. The lowest BCUT2D eigenvalue weighted by Crippen LogP contribution is -2.53. The highest BCUT2D eigenvalue weighted by atomic mass is 16.6. The van der Waals surface area contributed by atoms with E-state index < -0.39 is 24.1 Å². The lowest BCUT2D eigenvalue weighted by atomic mass is 10.1.